The molecule has 1 aromatic rings. The Morgan fingerprint density at radius 2 is 1.66 bits per heavy atom. The normalized spacial score (nSPS) is 25.8. The van der Waals surface area contributed by atoms with Crippen LogP contribution in [-0.4, -0.2) is 83.3 Å². The van der Waals surface area contributed by atoms with Crippen LogP contribution < -0.4 is 10.2 Å². The van der Waals surface area contributed by atoms with E-state index < -0.39 is 35.6 Å². The fraction of sp³-hybridized carbons (Fsp3) is 0.560. The number of imide groups is 2. The molecular formula is C25H30N4O6. The second-order valence-electron chi connectivity index (χ2n) is 10.1. The summed E-state index contributed by atoms with van der Waals surface area (Å²) in [7, 11) is 0. The van der Waals surface area contributed by atoms with Gasteiger partial charge < -0.3 is 14.9 Å². The number of rotatable bonds is 6. The number of likely N-dealkylation sites (tertiary alicyclic amines) is 1. The van der Waals surface area contributed by atoms with Crippen LogP contribution in [0.5, 0.6) is 0 Å². The number of carboxylic acid groups (broad SMARTS) is 1. The highest BCUT2D eigenvalue weighted by Crippen LogP contribution is 2.33. The molecule has 4 aliphatic heterocycles. The first-order chi connectivity index (χ1) is 16.8. The van der Waals surface area contributed by atoms with Gasteiger partial charge in [0.2, 0.25) is 11.8 Å². The van der Waals surface area contributed by atoms with Gasteiger partial charge in [0.05, 0.1) is 11.1 Å². The van der Waals surface area contributed by atoms with Crippen LogP contribution in [0.1, 0.15) is 59.2 Å². The van der Waals surface area contributed by atoms with E-state index in [4.69, 9.17) is 5.11 Å². The third-order valence-corrected chi connectivity index (χ3v) is 7.76. The summed E-state index contributed by atoms with van der Waals surface area (Å²) < 4.78 is 0. The van der Waals surface area contributed by atoms with Gasteiger partial charge in [-0.15, -0.1) is 0 Å². The van der Waals surface area contributed by atoms with Gasteiger partial charge in [-0.05, 0) is 68.8 Å². The summed E-state index contributed by atoms with van der Waals surface area (Å²) in [5, 5.41) is 11.2. The van der Waals surface area contributed by atoms with E-state index in [0.29, 0.717) is 17.0 Å². The van der Waals surface area contributed by atoms with Gasteiger partial charge in [0, 0.05) is 38.2 Å². The van der Waals surface area contributed by atoms with Crippen molar-refractivity contribution in [2.24, 2.45) is 11.8 Å². The quantitative estimate of drug-likeness (QED) is 0.577. The second-order valence-corrected chi connectivity index (χ2v) is 10.1. The SMILES string of the molecule is O=C(O)CC1CCN(CC2CCN(c3ccc4c(c3)C(=O)N(C3CCC(=O)NC3=O)C4=O)C2)CC1. The van der Waals surface area contributed by atoms with E-state index in [1.165, 1.54) is 0 Å². The van der Waals surface area contributed by atoms with E-state index >= 15 is 0 Å². The van der Waals surface area contributed by atoms with Crippen LogP contribution in [0.3, 0.4) is 0 Å². The number of piperidine rings is 2. The molecule has 10 nitrogen and oxygen atoms in total. The maximum Gasteiger partial charge on any atom is 0.303 e. The lowest BCUT2D eigenvalue weighted by Crippen LogP contribution is -2.54. The topological polar surface area (TPSA) is 127 Å². The zero-order chi connectivity index (χ0) is 24.7. The van der Waals surface area contributed by atoms with E-state index in [-0.39, 0.29) is 25.2 Å². The molecule has 0 saturated carbocycles. The summed E-state index contributed by atoms with van der Waals surface area (Å²) in [6, 6.07) is 4.32. The van der Waals surface area contributed by atoms with Gasteiger partial charge >= 0.3 is 5.97 Å². The maximum absolute atomic E-state index is 13.1. The molecule has 2 N–H and O–H groups in total. The molecule has 0 bridgehead atoms. The molecule has 2 atom stereocenters. The van der Waals surface area contributed by atoms with E-state index in [2.05, 4.69) is 15.1 Å². The minimum absolute atomic E-state index is 0.0987. The standard InChI is InChI=1S/C25H30N4O6/c30-21-4-3-20(23(33)26-21)29-24(34)18-2-1-17(12-19(18)25(29)35)28-10-7-16(14-28)13-27-8-5-15(6-9-27)11-22(31)32/h1-2,12,15-16,20H,3-11,13-14H2,(H,31,32)(H,26,30,33). The molecular weight excluding hydrogens is 452 g/mol. The molecule has 186 valence electrons. The average molecular weight is 483 g/mol. The Morgan fingerprint density at radius 3 is 2.37 bits per heavy atom. The molecule has 0 aliphatic carbocycles. The summed E-state index contributed by atoms with van der Waals surface area (Å²) in [5.41, 5.74) is 1.49. The fourth-order valence-electron chi connectivity index (χ4n) is 5.86. The molecule has 4 amide bonds. The van der Waals surface area contributed by atoms with Crippen molar-refractivity contribution in [3.63, 3.8) is 0 Å². The van der Waals surface area contributed by atoms with Crippen LogP contribution >= 0.6 is 0 Å². The number of nitrogens with zero attached hydrogens (tertiary/aromatic N) is 3. The van der Waals surface area contributed by atoms with Crippen molar-refractivity contribution < 1.29 is 29.1 Å². The number of carbonyl (C=O) groups is 5. The number of amides is 4. The second kappa shape index (κ2) is 9.41. The van der Waals surface area contributed by atoms with E-state index in [9.17, 15) is 24.0 Å². The largest absolute Gasteiger partial charge is 0.481 e. The minimum Gasteiger partial charge on any atom is -0.481 e. The number of anilines is 1. The number of fused-ring (bicyclic) bond motifs is 1. The highest BCUT2D eigenvalue weighted by Gasteiger charge is 2.45. The molecule has 1 aromatic carbocycles. The van der Waals surface area contributed by atoms with Crippen LogP contribution in [0.4, 0.5) is 5.69 Å². The first-order valence-corrected chi connectivity index (χ1v) is 12.3. The lowest BCUT2D eigenvalue weighted by atomic mass is 9.93. The van der Waals surface area contributed by atoms with E-state index in [1.54, 1.807) is 12.1 Å². The van der Waals surface area contributed by atoms with E-state index in [1.807, 2.05) is 6.07 Å². The Balaban J connectivity index is 1.20. The molecule has 4 aliphatic rings. The van der Waals surface area contributed by atoms with Crippen molar-refractivity contribution in [3.05, 3.63) is 29.3 Å². The summed E-state index contributed by atoms with van der Waals surface area (Å²) in [6.45, 7) is 4.55. The average Bonchev–Trinajstić information content (AvgIpc) is 3.38. The van der Waals surface area contributed by atoms with Gasteiger partial charge in [-0.2, -0.15) is 0 Å². The van der Waals surface area contributed by atoms with Crippen molar-refractivity contribution in [2.75, 3.05) is 37.6 Å². The Morgan fingerprint density at radius 1 is 0.943 bits per heavy atom. The molecule has 0 radical (unpaired) electrons. The number of benzene rings is 1. The zero-order valence-corrected chi connectivity index (χ0v) is 19.6. The van der Waals surface area contributed by atoms with Gasteiger partial charge in [0.25, 0.3) is 11.8 Å². The molecule has 3 fully saturated rings. The third kappa shape index (κ3) is 4.67. The van der Waals surface area contributed by atoms with Crippen molar-refractivity contribution in [1.29, 1.82) is 0 Å². The number of hydrogen-bond donors (Lipinski definition) is 2. The first-order valence-electron chi connectivity index (χ1n) is 12.3. The van der Waals surface area contributed by atoms with Crippen molar-refractivity contribution in [1.82, 2.24) is 15.1 Å². The Kier molecular flexibility index (Phi) is 6.31. The molecule has 5 rings (SSSR count). The van der Waals surface area contributed by atoms with Crippen LogP contribution in [0.2, 0.25) is 0 Å². The Hall–Kier alpha value is -3.27. The van der Waals surface area contributed by atoms with Crippen LogP contribution in [-0.2, 0) is 14.4 Å². The molecule has 10 heteroatoms. The highest BCUT2D eigenvalue weighted by molar-refractivity contribution is 6.23. The Labute approximate surface area is 203 Å². The van der Waals surface area contributed by atoms with Gasteiger partial charge in [0.1, 0.15) is 6.04 Å². The lowest BCUT2D eigenvalue weighted by Gasteiger charge is -2.33. The number of carboxylic acids is 1. The predicted octanol–water partition coefficient (Wildman–Crippen LogP) is 1.10. The summed E-state index contributed by atoms with van der Waals surface area (Å²) in [4.78, 5) is 66.3. The fourth-order valence-corrected chi connectivity index (χ4v) is 5.86. The summed E-state index contributed by atoms with van der Waals surface area (Å²) in [6.07, 6.45) is 3.37. The third-order valence-electron chi connectivity index (χ3n) is 7.76. The van der Waals surface area contributed by atoms with Crippen molar-refractivity contribution in [2.45, 2.75) is 44.6 Å². The molecule has 3 saturated heterocycles. The number of aliphatic carboxylic acids is 1. The number of nitrogens with one attached hydrogen (secondary N) is 1. The predicted molar refractivity (Wildman–Crippen MR) is 125 cm³/mol. The summed E-state index contributed by atoms with van der Waals surface area (Å²) >= 11 is 0. The van der Waals surface area contributed by atoms with Gasteiger partial charge in [-0.1, -0.05) is 0 Å². The highest BCUT2D eigenvalue weighted by atomic mass is 16.4. The van der Waals surface area contributed by atoms with Crippen molar-refractivity contribution >= 4 is 35.3 Å². The van der Waals surface area contributed by atoms with Crippen molar-refractivity contribution in [3.8, 4) is 0 Å². The van der Waals surface area contributed by atoms with Crippen LogP contribution in [0.25, 0.3) is 0 Å². The van der Waals surface area contributed by atoms with Gasteiger partial charge in [-0.25, -0.2) is 0 Å². The van der Waals surface area contributed by atoms with Crippen LogP contribution in [0, 0.1) is 11.8 Å². The van der Waals surface area contributed by atoms with Gasteiger partial charge in [-0.3, -0.25) is 34.2 Å². The molecule has 4 heterocycles. The molecule has 0 spiro atoms. The Bertz CT molecular complexity index is 1080. The molecule has 0 aromatic heterocycles. The smallest absolute Gasteiger partial charge is 0.303 e. The molecule has 2 unspecified atom stereocenters. The maximum atomic E-state index is 13.1. The monoisotopic (exact) mass is 482 g/mol. The number of hydrogen-bond acceptors (Lipinski definition) is 7. The first kappa shape index (κ1) is 23.5. The van der Waals surface area contributed by atoms with Gasteiger partial charge in [0.15, 0.2) is 0 Å². The summed E-state index contributed by atoms with van der Waals surface area (Å²) in [5.74, 6) is -1.93. The zero-order valence-electron chi connectivity index (χ0n) is 19.6. The lowest BCUT2D eigenvalue weighted by molar-refractivity contribution is -0.139. The van der Waals surface area contributed by atoms with E-state index in [0.717, 1.165) is 62.6 Å². The number of carbonyl (C=O) groups excluding carboxylic acids is 4. The minimum atomic E-state index is -0.959. The molecule has 35 heavy (non-hydrogen) atoms. The van der Waals surface area contributed by atoms with Crippen LogP contribution in [0.15, 0.2) is 18.2 Å².